The Hall–Kier alpha value is -2.69. The number of phenolic OH excluding ortho intramolecular Hbond substituents is 2. The minimum Gasteiger partial charge on any atom is -0.504 e. The molecule has 0 saturated heterocycles. The van der Waals surface area contributed by atoms with E-state index >= 15 is 0 Å². The van der Waals surface area contributed by atoms with Gasteiger partial charge in [0.15, 0.2) is 11.5 Å². The van der Waals surface area contributed by atoms with E-state index in [1.54, 1.807) is 6.07 Å². The Kier molecular flexibility index (Phi) is 2.98. The highest BCUT2D eigenvalue weighted by Gasteiger charge is 2.51. The molecule has 4 rings (SSSR count). The monoisotopic (exact) mass is 310 g/mol. The van der Waals surface area contributed by atoms with E-state index in [4.69, 9.17) is 0 Å². The molecule has 0 bridgehead atoms. The van der Waals surface area contributed by atoms with Gasteiger partial charge in [0.05, 0.1) is 5.41 Å². The van der Waals surface area contributed by atoms with Gasteiger partial charge in [0, 0.05) is 17.9 Å². The maximum atomic E-state index is 12.7. The molecular weight excluding hydrogens is 292 g/mol. The Bertz CT molecular complexity index is 797. The van der Waals surface area contributed by atoms with Crippen molar-refractivity contribution in [1.29, 1.82) is 0 Å². The number of rotatable bonds is 3. The number of benzene rings is 2. The molecule has 0 spiro atoms. The van der Waals surface area contributed by atoms with E-state index in [-0.39, 0.29) is 17.4 Å². The molecule has 2 aliphatic rings. The van der Waals surface area contributed by atoms with Crippen LogP contribution in [0.5, 0.6) is 11.5 Å². The number of amides is 1. The molecule has 4 N–H and O–H groups in total. The van der Waals surface area contributed by atoms with Crippen molar-refractivity contribution in [3.05, 3.63) is 47.5 Å². The molecule has 1 amide bonds. The lowest BCUT2D eigenvalue weighted by atomic mass is 9.94. The van der Waals surface area contributed by atoms with E-state index in [0.717, 1.165) is 42.7 Å². The molecule has 1 fully saturated rings. The van der Waals surface area contributed by atoms with E-state index in [0.29, 0.717) is 0 Å². The first kappa shape index (κ1) is 13.9. The Morgan fingerprint density at radius 3 is 2.65 bits per heavy atom. The van der Waals surface area contributed by atoms with Crippen molar-refractivity contribution in [2.24, 2.45) is 0 Å². The topological polar surface area (TPSA) is 81.6 Å². The number of phenols is 2. The number of nitrogens with one attached hydrogen (secondary N) is 2. The second-order valence-corrected chi connectivity index (χ2v) is 6.29. The van der Waals surface area contributed by atoms with E-state index in [1.807, 2.05) is 18.2 Å². The Morgan fingerprint density at radius 2 is 1.91 bits per heavy atom. The average Bonchev–Trinajstić information content (AvgIpc) is 3.22. The summed E-state index contributed by atoms with van der Waals surface area (Å²) in [4.78, 5) is 12.7. The highest BCUT2D eigenvalue weighted by Crippen LogP contribution is 2.50. The maximum Gasteiger partial charge on any atom is 0.235 e. The van der Waals surface area contributed by atoms with Crippen molar-refractivity contribution in [2.45, 2.75) is 24.7 Å². The van der Waals surface area contributed by atoms with Crippen LogP contribution < -0.4 is 10.6 Å². The Balaban J connectivity index is 1.57. The molecule has 0 aromatic heterocycles. The van der Waals surface area contributed by atoms with Crippen LogP contribution in [0.15, 0.2) is 36.4 Å². The number of carbonyl (C=O) groups excluding carboxylic acids is 1. The average molecular weight is 310 g/mol. The van der Waals surface area contributed by atoms with E-state index in [2.05, 4.69) is 10.6 Å². The van der Waals surface area contributed by atoms with Crippen LogP contribution in [0.2, 0.25) is 0 Å². The number of hydrogen-bond acceptors (Lipinski definition) is 4. The first-order valence-corrected chi connectivity index (χ1v) is 7.79. The molecule has 0 radical (unpaired) electrons. The van der Waals surface area contributed by atoms with E-state index in [1.165, 1.54) is 17.7 Å². The van der Waals surface area contributed by atoms with Gasteiger partial charge >= 0.3 is 0 Å². The summed E-state index contributed by atoms with van der Waals surface area (Å²) in [5, 5.41) is 25.4. The number of aromatic hydroxyl groups is 2. The van der Waals surface area contributed by atoms with Crippen LogP contribution in [0.3, 0.4) is 0 Å². The summed E-state index contributed by atoms with van der Waals surface area (Å²) < 4.78 is 0. The zero-order valence-corrected chi connectivity index (χ0v) is 12.6. The van der Waals surface area contributed by atoms with Crippen LogP contribution in [0.1, 0.15) is 24.0 Å². The van der Waals surface area contributed by atoms with Crippen molar-refractivity contribution in [1.82, 2.24) is 0 Å². The molecule has 23 heavy (non-hydrogen) atoms. The van der Waals surface area contributed by atoms with Crippen LogP contribution >= 0.6 is 0 Å². The summed E-state index contributed by atoms with van der Waals surface area (Å²) in [6, 6.07) is 10.5. The minimum absolute atomic E-state index is 0.0616. The van der Waals surface area contributed by atoms with Crippen LogP contribution in [0, 0.1) is 0 Å². The molecule has 0 atom stereocenters. The number of fused-ring (bicyclic) bond motifs is 1. The number of carbonyl (C=O) groups is 1. The summed E-state index contributed by atoms with van der Waals surface area (Å²) in [5.41, 5.74) is 3.30. The van der Waals surface area contributed by atoms with Gasteiger partial charge < -0.3 is 20.8 Å². The zero-order valence-electron chi connectivity index (χ0n) is 12.6. The van der Waals surface area contributed by atoms with Crippen LogP contribution in [0.4, 0.5) is 11.4 Å². The Labute approximate surface area is 134 Å². The highest BCUT2D eigenvalue weighted by molar-refractivity contribution is 6.01. The summed E-state index contributed by atoms with van der Waals surface area (Å²) in [7, 11) is 0. The van der Waals surface area contributed by atoms with Crippen LogP contribution in [-0.4, -0.2) is 22.7 Å². The number of anilines is 2. The molecule has 5 nitrogen and oxygen atoms in total. The van der Waals surface area contributed by atoms with Gasteiger partial charge in [-0.15, -0.1) is 0 Å². The van der Waals surface area contributed by atoms with Gasteiger partial charge in [-0.3, -0.25) is 4.79 Å². The lowest BCUT2D eigenvalue weighted by Crippen LogP contribution is -2.27. The lowest BCUT2D eigenvalue weighted by molar-refractivity contribution is -0.118. The predicted octanol–water partition coefficient (Wildman–Crippen LogP) is 2.74. The predicted molar refractivity (Wildman–Crippen MR) is 87.9 cm³/mol. The van der Waals surface area contributed by atoms with Gasteiger partial charge in [-0.1, -0.05) is 6.07 Å². The highest BCUT2D eigenvalue weighted by atomic mass is 16.3. The second-order valence-electron chi connectivity index (χ2n) is 6.29. The first-order chi connectivity index (χ1) is 11.1. The smallest absolute Gasteiger partial charge is 0.235 e. The zero-order chi connectivity index (χ0) is 16.0. The van der Waals surface area contributed by atoms with Crippen molar-refractivity contribution >= 4 is 17.3 Å². The van der Waals surface area contributed by atoms with Gasteiger partial charge in [0.1, 0.15) is 0 Å². The molecule has 1 aliphatic carbocycles. The number of hydrogen-bond donors (Lipinski definition) is 4. The van der Waals surface area contributed by atoms with Gasteiger partial charge in [0.25, 0.3) is 0 Å². The van der Waals surface area contributed by atoms with E-state index < -0.39 is 5.41 Å². The van der Waals surface area contributed by atoms with Crippen molar-refractivity contribution < 1.29 is 15.0 Å². The summed E-state index contributed by atoms with van der Waals surface area (Å²) in [5.74, 6) is -0.422. The van der Waals surface area contributed by atoms with Gasteiger partial charge in [-0.05, 0) is 60.7 Å². The van der Waals surface area contributed by atoms with E-state index in [9.17, 15) is 15.0 Å². The van der Waals surface area contributed by atoms with Crippen LogP contribution in [0.25, 0.3) is 0 Å². The molecule has 2 aromatic rings. The Morgan fingerprint density at radius 1 is 1.09 bits per heavy atom. The largest absolute Gasteiger partial charge is 0.504 e. The van der Waals surface area contributed by atoms with Crippen molar-refractivity contribution in [3.63, 3.8) is 0 Å². The van der Waals surface area contributed by atoms with Gasteiger partial charge in [-0.2, -0.15) is 0 Å². The molecule has 0 unspecified atom stereocenters. The molecule has 1 aliphatic heterocycles. The second kappa shape index (κ2) is 4.91. The summed E-state index contributed by atoms with van der Waals surface area (Å²) >= 11 is 0. The maximum absolute atomic E-state index is 12.7. The normalized spacial score (nSPS) is 17.2. The molecular formula is C18H18N2O3. The minimum atomic E-state index is -0.595. The fraction of sp³-hybridized carbons (Fsp3) is 0.278. The first-order valence-electron chi connectivity index (χ1n) is 7.79. The molecule has 118 valence electrons. The van der Waals surface area contributed by atoms with Crippen LogP contribution in [-0.2, 0) is 16.6 Å². The fourth-order valence-electron chi connectivity index (χ4n) is 3.23. The van der Waals surface area contributed by atoms with Gasteiger partial charge in [0.2, 0.25) is 5.91 Å². The SMILES string of the molecule is O=C(Nc1ccc2c(c1)CCN2)C1(c2ccc(O)c(O)c2)CC1. The molecule has 1 heterocycles. The third-order valence-electron chi connectivity index (χ3n) is 4.79. The van der Waals surface area contributed by atoms with Crippen molar-refractivity contribution in [2.75, 3.05) is 17.2 Å². The molecule has 5 heteroatoms. The quantitative estimate of drug-likeness (QED) is 0.657. The summed E-state index contributed by atoms with van der Waals surface area (Å²) in [6.45, 7) is 0.934. The summed E-state index contributed by atoms with van der Waals surface area (Å²) in [6.07, 6.45) is 2.46. The third-order valence-corrected chi connectivity index (χ3v) is 4.79. The van der Waals surface area contributed by atoms with Gasteiger partial charge in [-0.25, -0.2) is 0 Å². The third kappa shape index (κ3) is 2.29. The molecule has 2 aromatic carbocycles. The standard InChI is InChI=1S/C18H18N2O3/c21-15-4-1-12(10-16(15)22)18(6-7-18)17(23)20-13-2-3-14-11(9-13)5-8-19-14/h1-4,9-10,19,21-22H,5-8H2,(H,20,23). The fourth-order valence-corrected chi connectivity index (χ4v) is 3.23. The lowest BCUT2D eigenvalue weighted by Gasteiger charge is -2.17. The van der Waals surface area contributed by atoms with Crippen molar-refractivity contribution in [3.8, 4) is 11.5 Å². The molecule has 1 saturated carbocycles.